The van der Waals surface area contributed by atoms with Gasteiger partial charge in [-0.25, -0.2) is 4.98 Å². The number of hydrogen-bond acceptors (Lipinski definition) is 4. The fourth-order valence-electron chi connectivity index (χ4n) is 3.62. The molecule has 4 nitrogen and oxygen atoms in total. The van der Waals surface area contributed by atoms with E-state index in [0.717, 1.165) is 11.4 Å². The Labute approximate surface area is 130 Å². The lowest BCUT2D eigenvalue weighted by Gasteiger charge is -2.29. The average molecular weight is 307 g/mol. The molecule has 0 radical (unpaired) electrons. The number of carbonyl (C=O) groups is 1. The summed E-state index contributed by atoms with van der Waals surface area (Å²) in [6.45, 7) is 2.79. The van der Waals surface area contributed by atoms with E-state index in [2.05, 4.69) is 17.2 Å². The zero-order chi connectivity index (χ0) is 14.8. The maximum Gasteiger partial charge on any atom is 0.222 e. The average Bonchev–Trinajstić information content (AvgIpc) is 3.05. The van der Waals surface area contributed by atoms with E-state index in [0.29, 0.717) is 31.0 Å². The van der Waals surface area contributed by atoms with Crippen LogP contribution in [0.25, 0.3) is 0 Å². The quantitative estimate of drug-likeness (QED) is 0.909. The van der Waals surface area contributed by atoms with Gasteiger partial charge >= 0.3 is 0 Å². The van der Waals surface area contributed by atoms with E-state index in [1.54, 1.807) is 11.3 Å². The van der Waals surface area contributed by atoms with Crippen molar-refractivity contribution in [2.75, 3.05) is 7.05 Å². The smallest absolute Gasteiger partial charge is 0.222 e. The molecule has 2 aliphatic rings. The molecule has 2 unspecified atom stereocenters. The van der Waals surface area contributed by atoms with Gasteiger partial charge in [0.25, 0.3) is 0 Å². The van der Waals surface area contributed by atoms with Gasteiger partial charge in [-0.1, -0.05) is 6.92 Å². The Morgan fingerprint density at radius 1 is 1.43 bits per heavy atom. The van der Waals surface area contributed by atoms with E-state index in [-0.39, 0.29) is 5.91 Å². The molecule has 2 aliphatic heterocycles. The molecule has 2 fully saturated rings. The first-order valence-electron chi connectivity index (χ1n) is 8.07. The lowest BCUT2D eigenvalue weighted by molar-refractivity contribution is -0.131. The minimum atomic E-state index is 0.273. The number of rotatable bonds is 5. The lowest BCUT2D eigenvalue weighted by atomic mass is 9.89. The highest BCUT2D eigenvalue weighted by atomic mass is 32.1. The van der Waals surface area contributed by atoms with Crippen LogP contribution in [0.15, 0.2) is 6.20 Å². The number of aryl methyl sites for hydroxylation is 1. The third-order valence-electron chi connectivity index (χ3n) is 4.78. The Bertz CT molecular complexity index is 489. The van der Waals surface area contributed by atoms with E-state index < -0.39 is 0 Å². The molecule has 3 heterocycles. The first kappa shape index (κ1) is 15.0. The monoisotopic (exact) mass is 307 g/mol. The van der Waals surface area contributed by atoms with E-state index in [1.165, 1.54) is 30.6 Å². The van der Waals surface area contributed by atoms with Crippen molar-refractivity contribution in [1.82, 2.24) is 15.2 Å². The van der Waals surface area contributed by atoms with E-state index in [9.17, 15) is 4.79 Å². The SMILES string of the molecule is CCc1cnc(CN(C)C(=O)CC2CC3CCC(C2)N3)s1. The highest BCUT2D eigenvalue weighted by Gasteiger charge is 2.34. The van der Waals surface area contributed by atoms with Gasteiger partial charge in [0, 0.05) is 36.6 Å². The maximum absolute atomic E-state index is 12.4. The zero-order valence-corrected chi connectivity index (χ0v) is 13.8. The molecule has 0 saturated carbocycles. The lowest BCUT2D eigenvalue weighted by Crippen LogP contribution is -2.39. The van der Waals surface area contributed by atoms with Crippen molar-refractivity contribution in [1.29, 1.82) is 0 Å². The molecule has 116 valence electrons. The summed E-state index contributed by atoms with van der Waals surface area (Å²) in [7, 11) is 1.91. The number of nitrogens with zero attached hydrogens (tertiary/aromatic N) is 2. The van der Waals surface area contributed by atoms with E-state index >= 15 is 0 Å². The molecule has 1 amide bonds. The normalized spacial score (nSPS) is 27.8. The van der Waals surface area contributed by atoms with Gasteiger partial charge in [-0.2, -0.15) is 0 Å². The van der Waals surface area contributed by atoms with Crippen molar-refractivity contribution in [3.05, 3.63) is 16.1 Å². The van der Waals surface area contributed by atoms with Crippen LogP contribution in [-0.4, -0.2) is 34.9 Å². The van der Waals surface area contributed by atoms with Gasteiger partial charge in [0.15, 0.2) is 0 Å². The fraction of sp³-hybridized carbons (Fsp3) is 0.750. The summed E-state index contributed by atoms with van der Waals surface area (Å²) in [5, 5.41) is 4.69. The summed E-state index contributed by atoms with van der Waals surface area (Å²) in [6.07, 6.45) is 8.60. The van der Waals surface area contributed by atoms with Gasteiger partial charge in [0.05, 0.1) is 6.54 Å². The minimum absolute atomic E-state index is 0.273. The van der Waals surface area contributed by atoms with Crippen molar-refractivity contribution in [3.63, 3.8) is 0 Å². The van der Waals surface area contributed by atoms with Crippen LogP contribution >= 0.6 is 11.3 Å². The van der Waals surface area contributed by atoms with Gasteiger partial charge in [0.1, 0.15) is 5.01 Å². The number of aromatic nitrogens is 1. The predicted octanol–water partition coefficient (Wildman–Crippen LogP) is 2.58. The fourth-order valence-corrected chi connectivity index (χ4v) is 4.54. The summed E-state index contributed by atoms with van der Waals surface area (Å²) < 4.78 is 0. The molecular weight excluding hydrogens is 282 g/mol. The molecular formula is C16H25N3OS. The van der Waals surface area contributed by atoms with Gasteiger partial charge in [-0.15, -0.1) is 11.3 Å². The van der Waals surface area contributed by atoms with E-state index in [1.807, 2.05) is 18.1 Å². The third-order valence-corrected chi connectivity index (χ3v) is 5.91. The van der Waals surface area contributed by atoms with Crippen molar-refractivity contribution < 1.29 is 4.79 Å². The number of fused-ring (bicyclic) bond motifs is 2. The number of thiazole rings is 1. The van der Waals surface area contributed by atoms with Crippen LogP contribution in [-0.2, 0) is 17.8 Å². The molecule has 21 heavy (non-hydrogen) atoms. The largest absolute Gasteiger partial charge is 0.339 e. The van der Waals surface area contributed by atoms with Crippen LogP contribution in [0.3, 0.4) is 0 Å². The second kappa shape index (κ2) is 6.44. The summed E-state index contributed by atoms with van der Waals surface area (Å²) in [4.78, 5) is 20.0. The van der Waals surface area contributed by atoms with Crippen molar-refractivity contribution in [3.8, 4) is 0 Å². The molecule has 0 spiro atoms. The predicted molar refractivity (Wildman–Crippen MR) is 85.3 cm³/mol. The molecule has 1 N–H and O–H groups in total. The van der Waals surface area contributed by atoms with Crippen LogP contribution in [0.4, 0.5) is 0 Å². The zero-order valence-electron chi connectivity index (χ0n) is 13.0. The summed E-state index contributed by atoms with van der Waals surface area (Å²) in [6, 6.07) is 1.33. The Balaban J connectivity index is 1.50. The molecule has 2 atom stereocenters. The van der Waals surface area contributed by atoms with Gasteiger partial charge < -0.3 is 10.2 Å². The van der Waals surface area contributed by atoms with E-state index in [4.69, 9.17) is 0 Å². The highest BCUT2D eigenvalue weighted by molar-refractivity contribution is 7.11. The number of carbonyl (C=O) groups excluding carboxylic acids is 1. The molecule has 3 rings (SSSR count). The summed E-state index contributed by atoms with van der Waals surface area (Å²) in [5.41, 5.74) is 0. The van der Waals surface area contributed by atoms with Crippen molar-refractivity contribution in [2.24, 2.45) is 5.92 Å². The standard InChI is InChI=1S/C16H25N3OS/c1-3-14-9-17-15(21-14)10-19(2)16(20)8-11-6-12-4-5-13(7-11)18-12/h9,11-13,18H,3-8,10H2,1-2H3. The molecule has 1 aromatic heterocycles. The van der Waals surface area contributed by atoms with Crippen LogP contribution in [0.2, 0.25) is 0 Å². The maximum atomic E-state index is 12.4. The van der Waals surface area contributed by atoms with Crippen LogP contribution < -0.4 is 5.32 Å². The molecule has 2 bridgehead atoms. The molecule has 2 saturated heterocycles. The van der Waals surface area contributed by atoms with Gasteiger partial charge in [-0.05, 0) is 38.0 Å². The van der Waals surface area contributed by atoms with Crippen molar-refractivity contribution in [2.45, 2.75) is 64.1 Å². The second-order valence-electron chi connectivity index (χ2n) is 6.50. The van der Waals surface area contributed by atoms with Gasteiger partial charge in [-0.3, -0.25) is 4.79 Å². The third kappa shape index (κ3) is 3.64. The number of amides is 1. The summed E-state index contributed by atoms with van der Waals surface area (Å²) >= 11 is 1.72. The Morgan fingerprint density at radius 2 is 2.14 bits per heavy atom. The Hall–Kier alpha value is -0.940. The number of nitrogens with one attached hydrogen (secondary N) is 1. The van der Waals surface area contributed by atoms with Gasteiger partial charge in [0.2, 0.25) is 5.91 Å². The Kier molecular flexibility index (Phi) is 4.60. The topological polar surface area (TPSA) is 45.2 Å². The molecule has 0 aliphatic carbocycles. The minimum Gasteiger partial charge on any atom is -0.339 e. The van der Waals surface area contributed by atoms with Crippen LogP contribution in [0, 0.1) is 5.92 Å². The second-order valence-corrected chi connectivity index (χ2v) is 7.70. The number of piperidine rings is 1. The molecule has 0 aromatic carbocycles. The Morgan fingerprint density at radius 3 is 2.76 bits per heavy atom. The van der Waals surface area contributed by atoms with Crippen molar-refractivity contribution >= 4 is 17.2 Å². The van der Waals surface area contributed by atoms with Crippen LogP contribution in [0.5, 0.6) is 0 Å². The number of hydrogen-bond donors (Lipinski definition) is 1. The summed E-state index contributed by atoms with van der Waals surface area (Å²) in [5.74, 6) is 0.843. The molecule has 1 aromatic rings. The highest BCUT2D eigenvalue weighted by Crippen LogP contribution is 2.33. The van der Waals surface area contributed by atoms with Crippen LogP contribution in [0.1, 0.15) is 48.9 Å². The first-order valence-corrected chi connectivity index (χ1v) is 8.89. The first-order chi connectivity index (χ1) is 10.1. The molecule has 5 heteroatoms.